The summed E-state index contributed by atoms with van der Waals surface area (Å²) in [5.41, 5.74) is 1.15. The first-order valence-electron chi connectivity index (χ1n) is 8.08. The Morgan fingerprint density at radius 1 is 1.24 bits per heavy atom. The van der Waals surface area contributed by atoms with E-state index in [-0.39, 0.29) is 0 Å². The maximum atomic E-state index is 5.99. The second-order valence-electron chi connectivity index (χ2n) is 5.70. The highest BCUT2D eigenvalue weighted by molar-refractivity contribution is 5.47. The van der Waals surface area contributed by atoms with Gasteiger partial charge in [0.2, 0.25) is 0 Å². The number of hydrogen-bond donors (Lipinski definition) is 1. The third kappa shape index (κ3) is 4.78. The molecule has 0 amide bonds. The van der Waals surface area contributed by atoms with Crippen LogP contribution < -0.4 is 14.4 Å². The summed E-state index contributed by atoms with van der Waals surface area (Å²) in [6.45, 7) is 8.57. The van der Waals surface area contributed by atoms with Crippen LogP contribution in [-0.2, 0) is 6.42 Å². The molecule has 1 aromatic rings. The zero-order valence-corrected chi connectivity index (χ0v) is 13.2. The van der Waals surface area contributed by atoms with Crippen LogP contribution in [-0.4, -0.2) is 33.4 Å². The third-order valence-electron chi connectivity index (χ3n) is 4.13. The van der Waals surface area contributed by atoms with Gasteiger partial charge in [0, 0.05) is 18.4 Å². The van der Waals surface area contributed by atoms with E-state index in [1.807, 2.05) is 18.2 Å². The molecule has 0 atom stereocenters. The lowest BCUT2D eigenvalue weighted by Gasteiger charge is -2.15. The summed E-state index contributed by atoms with van der Waals surface area (Å²) in [7, 11) is 1.69. The molecule has 2 rings (SSSR count). The van der Waals surface area contributed by atoms with Gasteiger partial charge < -0.3 is 14.4 Å². The van der Waals surface area contributed by atoms with Crippen molar-refractivity contribution in [1.82, 2.24) is 0 Å². The van der Waals surface area contributed by atoms with Crippen molar-refractivity contribution in [3.63, 3.8) is 0 Å². The summed E-state index contributed by atoms with van der Waals surface area (Å²) in [5.74, 6) is 1.70. The molecule has 1 aliphatic rings. The van der Waals surface area contributed by atoms with Gasteiger partial charge in [0.1, 0.15) is 0 Å². The normalized spacial score (nSPS) is 15.1. The topological polar surface area (TPSA) is 22.9 Å². The molecule has 0 unspecified atom stereocenters. The van der Waals surface area contributed by atoms with Crippen LogP contribution in [0.3, 0.4) is 0 Å². The number of nitrogens with one attached hydrogen (secondary N) is 1. The average Bonchev–Trinajstić information content (AvgIpc) is 3.01. The van der Waals surface area contributed by atoms with Gasteiger partial charge in [0.05, 0.1) is 33.4 Å². The van der Waals surface area contributed by atoms with E-state index >= 15 is 0 Å². The second kappa shape index (κ2) is 8.73. The molecule has 1 saturated heterocycles. The van der Waals surface area contributed by atoms with Gasteiger partial charge in [-0.15, -0.1) is 6.58 Å². The Bertz CT molecular complexity index is 439. The van der Waals surface area contributed by atoms with Crippen LogP contribution in [0.15, 0.2) is 30.9 Å². The van der Waals surface area contributed by atoms with Crippen molar-refractivity contribution in [2.75, 3.05) is 33.4 Å². The number of rotatable bonds is 9. The van der Waals surface area contributed by atoms with Gasteiger partial charge in [0.15, 0.2) is 11.5 Å². The number of likely N-dealkylation sites (tertiary alicyclic amines) is 1. The fourth-order valence-corrected chi connectivity index (χ4v) is 2.98. The summed E-state index contributed by atoms with van der Waals surface area (Å²) in [6.07, 6.45) is 7.86. The largest absolute Gasteiger partial charge is 0.493 e. The van der Waals surface area contributed by atoms with E-state index in [4.69, 9.17) is 9.47 Å². The minimum Gasteiger partial charge on any atom is -0.493 e. The molecule has 0 aromatic heterocycles. The monoisotopic (exact) mass is 290 g/mol. The van der Waals surface area contributed by atoms with Crippen molar-refractivity contribution >= 4 is 0 Å². The molecule has 3 heteroatoms. The van der Waals surface area contributed by atoms with Crippen molar-refractivity contribution in [2.24, 2.45) is 0 Å². The van der Waals surface area contributed by atoms with E-state index in [9.17, 15) is 0 Å². The Morgan fingerprint density at radius 3 is 2.76 bits per heavy atom. The van der Waals surface area contributed by atoms with Gasteiger partial charge >= 0.3 is 0 Å². The highest BCUT2D eigenvalue weighted by atomic mass is 16.5. The molecular weight excluding hydrogens is 262 g/mol. The van der Waals surface area contributed by atoms with Crippen molar-refractivity contribution in [2.45, 2.75) is 32.1 Å². The summed E-state index contributed by atoms with van der Waals surface area (Å²) in [4.78, 5) is 1.76. The predicted octanol–water partition coefficient (Wildman–Crippen LogP) is 2.26. The molecule has 0 saturated carbocycles. The molecule has 3 nitrogen and oxygen atoms in total. The average molecular weight is 290 g/mol. The number of unbranched alkanes of at least 4 members (excludes halogenated alkanes) is 1. The summed E-state index contributed by atoms with van der Waals surface area (Å²) < 4.78 is 11.4. The number of ether oxygens (including phenoxy) is 2. The van der Waals surface area contributed by atoms with E-state index in [0.717, 1.165) is 36.5 Å². The van der Waals surface area contributed by atoms with Crippen LogP contribution in [0.2, 0.25) is 0 Å². The molecule has 1 aliphatic heterocycles. The Kier molecular flexibility index (Phi) is 6.61. The molecular formula is C18H28NO2+. The number of para-hydroxylation sites is 1. The molecule has 0 radical (unpaired) electrons. The number of quaternary nitrogens is 1. The predicted molar refractivity (Wildman–Crippen MR) is 86.4 cm³/mol. The lowest BCUT2D eigenvalue weighted by atomic mass is 10.1. The third-order valence-corrected chi connectivity index (χ3v) is 4.13. The van der Waals surface area contributed by atoms with E-state index < -0.39 is 0 Å². The molecule has 116 valence electrons. The Morgan fingerprint density at radius 2 is 2.05 bits per heavy atom. The van der Waals surface area contributed by atoms with Crippen molar-refractivity contribution in [3.8, 4) is 11.5 Å². The second-order valence-corrected chi connectivity index (χ2v) is 5.70. The lowest BCUT2D eigenvalue weighted by Crippen LogP contribution is -3.09. The van der Waals surface area contributed by atoms with E-state index in [0.29, 0.717) is 0 Å². The van der Waals surface area contributed by atoms with Crippen LogP contribution in [0.25, 0.3) is 0 Å². The minimum absolute atomic E-state index is 0.762. The van der Waals surface area contributed by atoms with Crippen LogP contribution >= 0.6 is 0 Å². The highest BCUT2D eigenvalue weighted by Crippen LogP contribution is 2.31. The molecule has 1 N–H and O–H groups in total. The summed E-state index contributed by atoms with van der Waals surface area (Å²) >= 11 is 0. The quantitative estimate of drug-likeness (QED) is 0.557. The first-order chi connectivity index (χ1) is 10.3. The standard InChI is InChI=1S/C18H27NO2/c1-3-9-16-10-8-11-17(20-2)18(16)21-15-7-6-14-19-12-4-5-13-19/h3,8,10-11H,1,4-7,9,12-15H2,2H3/p+1. The van der Waals surface area contributed by atoms with Crippen molar-refractivity contribution in [1.29, 1.82) is 0 Å². The first-order valence-corrected chi connectivity index (χ1v) is 8.08. The van der Waals surface area contributed by atoms with E-state index in [2.05, 4.69) is 12.6 Å². The Labute approximate surface area is 128 Å². The Balaban J connectivity index is 1.79. The number of methoxy groups -OCH3 is 1. The number of hydrogen-bond acceptors (Lipinski definition) is 2. The fourth-order valence-electron chi connectivity index (χ4n) is 2.98. The summed E-state index contributed by atoms with van der Waals surface area (Å²) in [5, 5.41) is 0. The zero-order chi connectivity index (χ0) is 14.9. The summed E-state index contributed by atoms with van der Waals surface area (Å²) in [6, 6.07) is 6.03. The number of benzene rings is 1. The van der Waals surface area contributed by atoms with Crippen LogP contribution in [0.1, 0.15) is 31.2 Å². The SMILES string of the molecule is C=CCc1cccc(OC)c1OCCCC[NH+]1CCCC1. The molecule has 1 heterocycles. The van der Waals surface area contributed by atoms with E-state index in [1.54, 1.807) is 12.0 Å². The fraction of sp³-hybridized carbons (Fsp3) is 0.556. The van der Waals surface area contributed by atoms with Gasteiger partial charge in [-0.05, 0) is 25.3 Å². The molecule has 0 aliphatic carbocycles. The number of allylic oxidation sites excluding steroid dienone is 1. The molecule has 1 fully saturated rings. The van der Waals surface area contributed by atoms with Gasteiger partial charge in [-0.2, -0.15) is 0 Å². The molecule has 1 aromatic carbocycles. The first kappa shape index (κ1) is 15.9. The smallest absolute Gasteiger partial charge is 0.164 e. The minimum atomic E-state index is 0.762. The van der Waals surface area contributed by atoms with Gasteiger partial charge in [-0.3, -0.25) is 0 Å². The van der Waals surface area contributed by atoms with Crippen LogP contribution in [0, 0.1) is 0 Å². The van der Waals surface area contributed by atoms with Gasteiger partial charge in [-0.25, -0.2) is 0 Å². The lowest BCUT2D eigenvalue weighted by molar-refractivity contribution is -0.887. The van der Waals surface area contributed by atoms with Crippen LogP contribution in [0.5, 0.6) is 11.5 Å². The zero-order valence-electron chi connectivity index (χ0n) is 13.2. The maximum Gasteiger partial charge on any atom is 0.164 e. The van der Waals surface area contributed by atoms with Gasteiger partial charge in [-0.1, -0.05) is 18.2 Å². The molecule has 0 bridgehead atoms. The highest BCUT2D eigenvalue weighted by Gasteiger charge is 2.14. The van der Waals surface area contributed by atoms with Crippen molar-refractivity contribution < 1.29 is 14.4 Å². The molecule has 0 spiro atoms. The molecule has 21 heavy (non-hydrogen) atoms. The Hall–Kier alpha value is -1.48. The van der Waals surface area contributed by atoms with Crippen molar-refractivity contribution in [3.05, 3.63) is 36.4 Å². The van der Waals surface area contributed by atoms with Crippen LogP contribution in [0.4, 0.5) is 0 Å². The maximum absolute atomic E-state index is 5.99. The van der Waals surface area contributed by atoms with Gasteiger partial charge in [0.25, 0.3) is 0 Å². The van der Waals surface area contributed by atoms with E-state index in [1.165, 1.54) is 38.9 Å².